The number of rotatable bonds is 10. The summed E-state index contributed by atoms with van der Waals surface area (Å²) in [6.45, 7) is 11.2. The lowest BCUT2D eigenvalue weighted by atomic mass is 9.81. The largest absolute Gasteiger partial charge is 0.316 e. The van der Waals surface area contributed by atoms with E-state index in [2.05, 4.69) is 48.4 Å². The van der Waals surface area contributed by atoms with E-state index in [9.17, 15) is 0 Å². The minimum absolute atomic E-state index is 0.389. The molecule has 1 aromatic rings. The highest BCUT2D eigenvalue weighted by atomic mass is 32.1. The molecule has 3 nitrogen and oxygen atoms in total. The lowest BCUT2D eigenvalue weighted by Gasteiger charge is -2.36. The van der Waals surface area contributed by atoms with Gasteiger partial charge in [-0.25, -0.2) is 4.98 Å². The monoisotopic (exact) mass is 283 g/mol. The zero-order valence-electron chi connectivity index (χ0n) is 12.9. The number of nitrogens with one attached hydrogen (secondary N) is 1. The van der Waals surface area contributed by atoms with Gasteiger partial charge >= 0.3 is 0 Å². The Bertz CT molecular complexity index is 320. The highest BCUT2D eigenvalue weighted by molar-refractivity contribution is 7.07. The molecule has 1 N–H and O–H groups in total. The second-order valence-corrected chi connectivity index (χ2v) is 6.25. The first-order valence-electron chi connectivity index (χ1n) is 7.42. The Morgan fingerprint density at radius 2 is 2.05 bits per heavy atom. The highest BCUT2D eigenvalue weighted by Gasteiger charge is 2.27. The first-order chi connectivity index (χ1) is 9.15. The zero-order chi connectivity index (χ0) is 14.1. The first-order valence-corrected chi connectivity index (χ1v) is 8.36. The molecule has 110 valence electrons. The molecule has 0 aliphatic heterocycles. The Morgan fingerprint density at radius 1 is 1.32 bits per heavy atom. The number of thiazole rings is 1. The fraction of sp³-hybridized carbons (Fsp3) is 0.800. The van der Waals surface area contributed by atoms with Crippen LogP contribution in [0, 0.1) is 5.41 Å². The van der Waals surface area contributed by atoms with E-state index < -0.39 is 0 Å². The summed E-state index contributed by atoms with van der Waals surface area (Å²) in [4.78, 5) is 6.79. The van der Waals surface area contributed by atoms with Crippen LogP contribution >= 0.6 is 11.3 Å². The van der Waals surface area contributed by atoms with Crippen LogP contribution in [0.2, 0.25) is 0 Å². The van der Waals surface area contributed by atoms with Gasteiger partial charge in [-0.3, -0.25) is 4.90 Å². The number of aromatic nitrogens is 1. The Kier molecular flexibility index (Phi) is 7.57. The quantitative estimate of drug-likeness (QED) is 0.667. The van der Waals surface area contributed by atoms with Crippen LogP contribution in [-0.4, -0.2) is 36.6 Å². The number of hydrogen-bond donors (Lipinski definition) is 1. The van der Waals surface area contributed by atoms with Crippen LogP contribution in [0.4, 0.5) is 0 Å². The van der Waals surface area contributed by atoms with Crippen molar-refractivity contribution in [3.05, 3.63) is 16.6 Å². The van der Waals surface area contributed by atoms with Gasteiger partial charge in [0.25, 0.3) is 0 Å². The third-order valence-corrected chi connectivity index (χ3v) is 4.58. The van der Waals surface area contributed by atoms with Crippen molar-refractivity contribution >= 4 is 11.3 Å². The summed E-state index contributed by atoms with van der Waals surface area (Å²) in [7, 11) is 2.21. The van der Waals surface area contributed by atoms with Gasteiger partial charge in [-0.05, 0) is 38.3 Å². The average Bonchev–Trinajstić information content (AvgIpc) is 2.90. The topological polar surface area (TPSA) is 28.2 Å². The van der Waals surface area contributed by atoms with Gasteiger partial charge in [-0.2, -0.15) is 0 Å². The maximum Gasteiger partial charge on any atom is 0.0795 e. The van der Waals surface area contributed by atoms with Gasteiger partial charge in [0.15, 0.2) is 0 Å². The maximum atomic E-state index is 4.37. The molecule has 0 aliphatic carbocycles. The molecule has 0 saturated carbocycles. The molecule has 0 amide bonds. The zero-order valence-corrected chi connectivity index (χ0v) is 13.7. The van der Waals surface area contributed by atoms with Gasteiger partial charge in [-0.15, -0.1) is 11.3 Å². The van der Waals surface area contributed by atoms with E-state index in [1.807, 2.05) is 5.51 Å². The predicted molar refractivity (Wildman–Crippen MR) is 84.6 cm³/mol. The average molecular weight is 283 g/mol. The summed E-state index contributed by atoms with van der Waals surface area (Å²) in [6.07, 6.45) is 3.65. The summed E-state index contributed by atoms with van der Waals surface area (Å²) < 4.78 is 0. The molecule has 0 saturated heterocycles. The lowest BCUT2D eigenvalue weighted by molar-refractivity contribution is 0.150. The van der Waals surface area contributed by atoms with Crippen molar-refractivity contribution in [2.45, 2.75) is 46.6 Å². The molecule has 0 fully saturated rings. The molecule has 1 aromatic heterocycles. The molecule has 1 rings (SSSR count). The summed E-state index contributed by atoms with van der Waals surface area (Å²) in [5, 5.41) is 5.75. The summed E-state index contributed by atoms with van der Waals surface area (Å²) >= 11 is 1.68. The Morgan fingerprint density at radius 3 is 2.58 bits per heavy atom. The van der Waals surface area contributed by atoms with Gasteiger partial charge in [0.05, 0.1) is 11.2 Å². The summed E-state index contributed by atoms with van der Waals surface area (Å²) in [6, 6.07) is 0. The van der Waals surface area contributed by atoms with Crippen LogP contribution in [0.5, 0.6) is 0 Å². The third kappa shape index (κ3) is 5.59. The van der Waals surface area contributed by atoms with Crippen LogP contribution < -0.4 is 5.32 Å². The molecular formula is C15H29N3S. The molecular weight excluding hydrogens is 254 g/mol. The van der Waals surface area contributed by atoms with Crippen molar-refractivity contribution in [2.24, 2.45) is 5.41 Å². The minimum Gasteiger partial charge on any atom is -0.316 e. The predicted octanol–water partition coefficient (Wildman–Crippen LogP) is 3.38. The fourth-order valence-electron chi connectivity index (χ4n) is 2.53. The van der Waals surface area contributed by atoms with Crippen LogP contribution in [0.3, 0.4) is 0 Å². The van der Waals surface area contributed by atoms with Crippen molar-refractivity contribution in [3.63, 3.8) is 0 Å². The molecule has 0 aliphatic rings. The Labute approximate surface area is 122 Å². The normalized spacial score (nSPS) is 12.3. The standard InChI is InChI=1S/C15H29N3S/c1-5-8-16-11-15(6-2,7-3)12-18(4)9-14-10-19-13-17-14/h10,13,16H,5-9,11-12H2,1-4H3. The van der Waals surface area contributed by atoms with E-state index in [0.717, 1.165) is 26.2 Å². The van der Waals surface area contributed by atoms with Crippen molar-refractivity contribution in [3.8, 4) is 0 Å². The Balaban J connectivity index is 2.50. The van der Waals surface area contributed by atoms with Gasteiger partial charge < -0.3 is 5.32 Å². The fourth-order valence-corrected chi connectivity index (χ4v) is 3.08. The summed E-state index contributed by atoms with van der Waals surface area (Å²) in [5.74, 6) is 0. The molecule has 0 atom stereocenters. The van der Waals surface area contributed by atoms with Crippen LogP contribution in [-0.2, 0) is 6.54 Å². The molecule has 0 radical (unpaired) electrons. The van der Waals surface area contributed by atoms with E-state index in [1.165, 1.54) is 25.0 Å². The maximum absolute atomic E-state index is 4.37. The smallest absolute Gasteiger partial charge is 0.0795 e. The van der Waals surface area contributed by atoms with Crippen LogP contribution in [0.1, 0.15) is 45.7 Å². The molecule has 0 aromatic carbocycles. The molecule has 0 unspecified atom stereocenters. The number of nitrogens with zero attached hydrogens (tertiary/aromatic N) is 2. The van der Waals surface area contributed by atoms with E-state index in [0.29, 0.717) is 5.41 Å². The van der Waals surface area contributed by atoms with Crippen molar-refractivity contribution in [1.29, 1.82) is 0 Å². The summed E-state index contributed by atoms with van der Waals surface area (Å²) in [5.41, 5.74) is 3.49. The van der Waals surface area contributed by atoms with Crippen molar-refractivity contribution in [2.75, 3.05) is 26.7 Å². The van der Waals surface area contributed by atoms with E-state index in [4.69, 9.17) is 0 Å². The van der Waals surface area contributed by atoms with Crippen molar-refractivity contribution in [1.82, 2.24) is 15.2 Å². The second kappa shape index (κ2) is 8.67. The Hall–Kier alpha value is -0.450. The van der Waals surface area contributed by atoms with E-state index >= 15 is 0 Å². The molecule has 1 heterocycles. The molecule has 4 heteroatoms. The van der Waals surface area contributed by atoms with E-state index in [1.54, 1.807) is 11.3 Å². The van der Waals surface area contributed by atoms with E-state index in [-0.39, 0.29) is 0 Å². The molecule has 19 heavy (non-hydrogen) atoms. The molecule has 0 spiro atoms. The van der Waals surface area contributed by atoms with Crippen LogP contribution in [0.15, 0.2) is 10.9 Å². The van der Waals surface area contributed by atoms with Gasteiger partial charge in [0.2, 0.25) is 0 Å². The minimum atomic E-state index is 0.389. The van der Waals surface area contributed by atoms with Gasteiger partial charge in [0, 0.05) is 25.0 Å². The van der Waals surface area contributed by atoms with Gasteiger partial charge in [0.1, 0.15) is 0 Å². The lowest BCUT2D eigenvalue weighted by Crippen LogP contribution is -2.42. The first kappa shape index (κ1) is 16.6. The SMILES string of the molecule is CCCNCC(CC)(CC)CN(C)Cc1cscn1. The number of hydrogen-bond acceptors (Lipinski definition) is 4. The van der Waals surface area contributed by atoms with Crippen LogP contribution in [0.25, 0.3) is 0 Å². The third-order valence-electron chi connectivity index (χ3n) is 3.95. The highest BCUT2D eigenvalue weighted by Crippen LogP contribution is 2.27. The second-order valence-electron chi connectivity index (χ2n) is 5.54. The van der Waals surface area contributed by atoms with Gasteiger partial charge in [-0.1, -0.05) is 20.8 Å². The molecule has 0 bridgehead atoms. The van der Waals surface area contributed by atoms with Crippen molar-refractivity contribution < 1.29 is 0 Å².